The molecule has 5 nitrogen and oxygen atoms in total. The third kappa shape index (κ3) is 3.50. The standard InChI is InChI=1S/C30H34O5/c1-17-10-11-23-24(18-8-6-5-7-9-18)25-27(34)20(15-31)26(33)21(16-32)28(25)35-30(23,4)13-12-22-19(17)14-29(22,2)3/h5-9,15-16,19,22-24,33-34H,1,10-14H2,2-4H3/t19-,22-,23+,24+,30-/m1/s1. The molecule has 184 valence electrons. The molecule has 1 heterocycles. The van der Waals surface area contributed by atoms with Crippen LogP contribution < -0.4 is 4.74 Å². The molecule has 5 heteroatoms. The van der Waals surface area contributed by atoms with Crippen LogP contribution >= 0.6 is 0 Å². The van der Waals surface area contributed by atoms with E-state index in [1.54, 1.807) is 0 Å². The van der Waals surface area contributed by atoms with Gasteiger partial charge in [-0.15, -0.1) is 0 Å². The Morgan fingerprint density at radius 1 is 0.971 bits per heavy atom. The monoisotopic (exact) mass is 474 g/mol. The van der Waals surface area contributed by atoms with Crippen molar-refractivity contribution < 1.29 is 24.5 Å². The van der Waals surface area contributed by atoms with E-state index in [1.165, 1.54) is 5.57 Å². The molecule has 0 saturated heterocycles. The number of phenolic OH excluding ortho intramolecular Hbond substituents is 2. The zero-order chi connectivity index (χ0) is 25.1. The lowest BCUT2D eigenvalue weighted by atomic mass is 9.52. The fourth-order valence-corrected chi connectivity index (χ4v) is 7.25. The number of benzene rings is 2. The van der Waals surface area contributed by atoms with E-state index in [-0.39, 0.29) is 39.9 Å². The van der Waals surface area contributed by atoms with Crippen molar-refractivity contribution in [3.05, 3.63) is 64.7 Å². The van der Waals surface area contributed by atoms with Gasteiger partial charge in [-0.1, -0.05) is 56.3 Å². The number of hydrogen-bond donors (Lipinski definition) is 2. The topological polar surface area (TPSA) is 83.8 Å². The van der Waals surface area contributed by atoms with Gasteiger partial charge in [0, 0.05) is 17.4 Å². The van der Waals surface area contributed by atoms with Crippen molar-refractivity contribution in [2.45, 2.75) is 64.4 Å². The molecule has 0 radical (unpaired) electrons. The van der Waals surface area contributed by atoms with Crippen LogP contribution in [0.1, 0.15) is 90.6 Å². The first-order chi connectivity index (χ1) is 16.6. The molecule has 2 fully saturated rings. The van der Waals surface area contributed by atoms with E-state index in [0.29, 0.717) is 30.0 Å². The molecule has 0 amide bonds. The molecule has 0 bridgehead atoms. The summed E-state index contributed by atoms with van der Waals surface area (Å²) in [6.45, 7) is 11.2. The van der Waals surface area contributed by atoms with E-state index < -0.39 is 11.4 Å². The Morgan fingerprint density at radius 2 is 1.66 bits per heavy atom. The minimum atomic E-state index is -0.631. The number of aromatic hydroxyl groups is 2. The van der Waals surface area contributed by atoms with E-state index in [0.717, 1.165) is 37.7 Å². The normalized spacial score (nSPS) is 31.2. The minimum absolute atomic E-state index is 0.0239. The summed E-state index contributed by atoms with van der Waals surface area (Å²) in [5.41, 5.74) is 1.95. The molecule has 1 aliphatic heterocycles. The summed E-state index contributed by atoms with van der Waals surface area (Å²) in [6, 6.07) is 9.89. The van der Waals surface area contributed by atoms with Crippen LogP contribution in [0, 0.1) is 23.2 Å². The van der Waals surface area contributed by atoms with E-state index in [9.17, 15) is 19.8 Å². The summed E-state index contributed by atoms with van der Waals surface area (Å²) in [5.74, 6) is 0.0524. The summed E-state index contributed by atoms with van der Waals surface area (Å²) < 4.78 is 6.66. The highest BCUT2D eigenvalue weighted by Crippen LogP contribution is 2.62. The predicted molar refractivity (Wildman–Crippen MR) is 134 cm³/mol. The maximum absolute atomic E-state index is 12.1. The Hall–Kier alpha value is -3.08. The SMILES string of the molecule is C=C1CC[C@H]2[C@H](c3ccccc3)c3c(O)c(C=O)c(O)c(C=O)c3O[C@]2(C)CC[C@@H]2[C@@H]1CC2(C)C. The highest BCUT2D eigenvalue weighted by molar-refractivity contribution is 5.95. The number of carbonyl (C=O) groups excluding carboxylic acids is 2. The second-order valence-corrected chi connectivity index (χ2v) is 11.6. The number of aldehydes is 2. The van der Waals surface area contributed by atoms with Crippen molar-refractivity contribution in [1.82, 2.24) is 0 Å². The lowest BCUT2D eigenvalue weighted by molar-refractivity contribution is -0.0395. The first-order valence-electron chi connectivity index (χ1n) is 12.6. The molecule has 5 atom stereocenters. The van der Waals surface area contributed by atoms with Crippen molar-refractivity contribution in [3.63, 3.8) is 0 Å². The van der Waals surface area contributed by atoms with Crippen LogP contribution in [0.25, 0.3) is 0 Å². The molecule has 2 aromatic rings. The molecule has 3 aliphatic rings. The van der Waals surface area contributed by atoms with Gasteiger partial charge in [-0.25, -0.2) is 0 Å². The van der Waals surface area contributed by atoms with Gasteiger partial charge in [0.05, 0.1) is 11.1 Å². The summed E-state index contributed by atoms with van der Waals surface area (Å²) in [4.78, 5) is 24.0. The Morgan fingerprint density at radius 3 is 2.29 bits per heavy atom. The van der Waals surface area contributed by atoms with Gasteiger partial charge in [0.1, 0.15) is 22.8 Å². The lowest BCUT2D eigenvalue weighted by Gasteiger charge is -2.53. The van der Waals surface area contributed by atoms with Gasteiger partial charge in [0.25, 0.3) is 0 Å². The first-order valence-corrected chi connectivity index (χ1v) is 12.6. The number of carbonyl (C=O) groups is 2. The third-order valence-electron chi connectivity index (χ3n) is 9.23. The Kier molecular flexibility index (Phi) is 5.58. The van der Waals surface area contributed by atoms with E-state index in [2.05, 4.69) is 27.4 Å². The van der Waals surface area contributed by atoms with Crippen LogP contribution in [0.3, 0.4) is 0 Å². The minimum Gasteiger partial charge on any atom is -0.507 e. The largest absolute Gasteiger partial charge is 0.507 e. The number of hydrogen-bond acceptors (Lipinski definition) is 5. The first kappa shape index (κ1) is 23.7. The number of rotatable bonds is 3. The van der Waals surface area contributed by atoms with Crippen molar-refractivity contribution in [2.24, 2.45) is 23.2 Å². The average molecular weight is 475 g/mol. The van der Waals surface area contributed by atoms with Crippen LogP contribution in [-0.2, 0) is 0 Å². The van der Waals surface area contributed by atoms with Crippen LogP contribution in [0.4, 0.5) is 0 Å². The molecule has 2 aliphatic carbocycles. The van der Waals surface area contributed by atoms with Crippen molar-refractivity contribution in [3.8, 4) is 17.2 Å². The predicted octanol–water partition coefficient (Wildman–Crippen LogP) is 6.41. The number of allylic oxidation sites excluding steroid dienone is 1. The summed E-state index contributed by atoms with van der Waals surface area (Å²) in [6.07, 6.45) is 5.50. The van der Waals surface area contributed by atoms with E-state index >= 15 is 0 Å². The van der Waals surface area contributed by atoms with Gasteiger partial charge < -0.3 is 14.9 Å². The fraction of sp³-hybridized carbons (Fsp3) is 0.467. The Balaban J connectivity index is 1.73. The van der Waals surface area contributed by atoms with Gasteiger partial charge in [0.15, 0.2) is 12.6 Å². The van der Waals surface area contributed by atoms with E-state index in [1.807, 2.05) is 30.3 Å². The third-order valence-corrected chi connectivity index (χ3v) is 9.23. The summed E-state index contributed by atoms with van der Waals surface area (Å²) in [7, 11) is 0. The van der Waals surface area contributed by atoms with Crippen LogP contribution in [0.5, 0.6) is 17.2 Å². The second-order valence-electron chi connectivity index (χ2n) is 11.6. The zero-order valence-corrected chi connectivity index (χ0v) is 20.7. The molecule has 0 spiro atoms. The van der Waals surface area contributed by atoms with Crippen LogP contribution in [0.15, 0.2) is 42.5 Å². The average Bonchev–Trinajstić information content (AvgIpc) is 2.86. The lowest BCUT2D eigenvalue weighted by Crippen LogP contribution is -2.49. The highest BCUT2D eigenvalue weighted by Gasteiger charge is 2.54. The number of phenols is 2. The van der Waals surface area contributed by atoms with Crippen LogP contribution in [-0.4, -0.2) is 28.4 Å². The Bertz CT molecular complexity index is 1200. The smallest absolute Gasteiger partial charge is 0.157 e. The molecular weight excluding hydrogens is 440 g/mol. The summed E-state index contributed by atoms with van der Waals surface area (Å²) >= 11 is 0. The van der Waals surface area contributed by atoms with Crippen molar-refractivity contribution >= 4 is 12.6 Å². The maximum Gasteiger partial charge on any atom is 0.157 e. The number of ether oxygens (including phenoxy) is 1. The zero-order valence-electron chi connectivity index (χ0n) is 20.7. The van der Waals surface area contributed by atoms with Gasteiger partial charge in [-0.05, 0) is 61.8 Å². The molecule has 5 rings (SSSR count). The quantitative estimate of drug-likeness (QED) is 0.396. The highest BCUT2D eigenvalue weighted by atomic mass is 16.5. The van der Waals surface area contributed by atoms with Crippen LogP contribution in [0.2, 0.25) is 0 Å². The maximum atomic E-state index is 12.1. The Labute approximate surface area is 206 Å². The molecule has 2 saturated carbocycles. The van der Waals surface area contributed by atoms with Gasteiger partial charge in [0.2, 0.25) is 0 Å². The van der Waals surface area contributed by atoms with Crippen molar-refractivity contribution in [1.29, 1.82) is 0 Å². The molecule has 2 N–H and O–H groups in total. The second kappa shape index (κ2) is 8.25. The molecule has 0 unspecified atom stereocenters. The van der Waals surface area contributed by atoms with Gasteiger partial charge in [-0.3, -0.25) is 9.59 Å². The summed E-state index contributed by atoms with van der Waals surface area (Å²) in [5, 5.41) is 21.9. The molecular formula is C30H34O5. The van der Waals surface area contributed by atoms with Gasteiger partial charge >= 0.3 is 0 Å². The molecule has 2 aromatic carbocycles. The molecule has 35 heavy (non-hydrogen) atoms. The van der Waals surface area contributed by atoms with Gasteiger partial charge in [-0.2, -0.15) is 0 Å². The fourth-order valence-electron chi connectivity index (χ4n) is 7.25. The van der Waals surface area contributed by atoms with E-state index in [4.69, 9.17) is 4.74 Å². The number of fused-ring (bicyclic) bond motifs is 3. The van der Waals surface area contributed by atoms with Crippen molar-refractivity contribution in [2.75, 3.05) is 0 Å². The molecule has 0 aromatic heterocycles.